The number of carbonyl (C=O) groups excluding carboxylic acids is 2. The first-order valence-electron chi connectivity index (χ1n) is 6.21. The first-order valence-corrected chi connectivity index (χ1v) is 6.21. The molecular formula is C12H15F3N4O4. The van der Waals surface area contributed by atoms with Gasteiger partial charge in [0.1, 0.15) is 12.1 Å². The van der Waals surface area contributed by atoms with Crippen LogP contribution in [0.1, 0.15) is 5.69 Å². The van der Waals surface area contributed by atoms with Gasteiger partial charge >= 0.3 is 12.3 Å². The first-order chi connectivity index (χ1) is 10.6. The maximum Gasteiger partial charge on any atom is 0.438 e. The van der Waals surface area contributed by atoms with Crippen molar-refractivity contribution in [3.05, 3.63) is 24.5 Å². The van der Waals surface area contributed by atoms with Crippen molar-refractivity contribution in [1.29, 1.82) is 0 Å². The fraction of sp³-hybridized carbons (Fsp3) is 0.417. The molecule has 0 aliphatic rings. The van der Waals surface area contributed by atoms with E-state index in [-0.39, 0.29) is 0 Å². The SMILES string of the molecule is C=CC(O)C(NC(=O)Oc1cn(C)nc1C(F)(F)F)C(=O)NC. The Hall–Kier alpha value is -2.56. The molecule has 0 fully saturated rings. The highest BCUT2D eigenvalue weighted by Gasteiger charge is 2.39. The highest BCUT2D eigenvalue weighted by atomic mass is 19.4. The molecule has 23 heavy (non-hydrogen) atoms. The number of aliphatic hydroxyl groups excluding tert-OH is 1. The molecule has 0 aromatic carbocycles. The number of amides is 2. The van der Waals surface area contributed by atoms with Gasteiger partial charge in [0, 0.05) is 14.1 Å². The van der Waals surface area contributed by atoms with Crippen LogP contribution < -0.4 is 15.4 Å². The summed E-state index contributed by atoms with van der Waals surface area (Å²) >= 11 is 0. The van der Waals surface area contributed by atoms with Gasteiger partial charge < -0.3 is 20.5 Å². The van der Waals surface area contributed by atoms with Gasteiger partial charge in [0.05, 0.1) is 6.20 Å². The zero-order chi connectivity index (χ0) is 17.8. The van der Waals surface area contributed by atoms with E-state index in [1.54, 1.807) is 0 Å². The topological polar surface area (TPSA) is 105 Å². The van der Waals surface area contributed by atoms with Crippen molar-refractivity contribution in [2.45, 2.75) is 18.3 Å². The van der Waals surface area contributed by atoms with Crippen LogP contribution in [-0.4, -0.2) is 46.1 Å². The van der Waals surface area contributed by atoms with E-state index in [4.69, 9.17) is 0 Å². The summed E-state index contributed by atoms with van der Waals surface area (Å²) < 4.78 is 43.6. The number of nitrogens with one attached hydrogen (secondary N) is 2. The lowest BCUT2D eigenvalue weighted by Crippen LogP contribution is -2.52. The van der Waals surface area contributed by atoms with E-state index in [1.165, 1.54) is 14.1 Å². The van der Waals surface area contributed by atoms with Gasteiger partial charge in [-0.1, -0.05) is 6.08 Å². The number of likely N-dealkylation sites (N-methyl/N-ethyl adjacent to an activating group) is 1. The van der Waals surface area contributed by atoms with Crippen LogP contribution >= 0.6 is 0 Å². The van der Waals surface area contributed by atoms with Gasteiger partial charge in [-0.15, -0.1) is 6.58 Å². The summed E-state index contributed by atoms with van der Waals surface area (Å²) in [5.74, 6) is -1.61. The van der Waals surface area contributed by atoms with Crippen LogP contribution in [0, 0.1) is 0 Å². The molecule has 1 aromatic heterocycles. The van der Waals surface area contributed by atoms with Crippen LogP contribution in [0.3, 0.4) is 0 Å². The monoisotopic (exact) mass is 336 g/mol. The second-order valence-corrected chi connectivity index (χ2v) is 4.37. The minimum Gasteiger partial charge on any atom is -0.406 e. The van der Waals surface area contributed by atoms with Crippen LogP contribution in [0.15, 0.2) is 18.9 Å². The Bertz CT molecular complexity index is 600. The molecule has 0 aliphatic heterocycles. The largest absolute Gasteiger partial charge is 0.438 e. The van der Waals surface area contributed by atoms with Crippen LogP contribution in [-0.2, 0) is 18.0 Å². The third-order valence-corrected chi connectivity index (χ3v) is 2.65. The number of halogens is 3. The summed E-state index contributed by atoms with van der Waals surface area (Å²) in [6.45, 7) is 3.26. The predicted octanol–water partition coefficient (Wildman–Crippen LogP) is 0.189. The number of alkyl halides is 3. The van der Waals surface area contributed by atoms with Gasteiger partial charge in [-0.3, -0.25) is 9.48 Å². The normalized spacial score (nSPS) is 13.8. The standard InChI is InChI=1S/C12H15F3N4O4/c1-4-6(20)8(10(21)16-2)17-11(22)23-7-5-19(3)18-9(7)12(13,14)15/h4-6,8,20H,1H2,2-3H3,(H,16,21)(H,17,22). The number of rotatable bonds is 5. The minimum absolute atomic E-state index is 0.781. The molecule has 0 spiro atoms. The molecule has 1 aromatic rings. The minimum atomic E-state index is -4.82. The van der Waals surface area contributed by atoms with Gasteiger partial charge in [0.15, 0.2) is 5.75 Å². The summed E-state index contributed by atoms with van der Waals surface area (Å²) in [4.78, 5) is 23.2. The number of aryl methyl sites for hydroxylation is 1. The van der Waals surface area contributed by atoms with Crippen molar-refractivity contribution in [3.63, 3.8) is 0 Å². The van der Waals surface area contributed by atoms with Gasteiger partial charge in [0.25, 0.3) is 0 Å². The Morgan fingerprint density at radius 2 is 2.13 bits per heavy atom. The first kappa shape index (κ1) is 18.5. The molecule has 2 unspecified atom stereocenters. The van der Waals surface area contributed by atoms with Crippen LogP contribution in [0.4, 0.5) is 18.0 Å². The van der Waals surface area contributed by atoms with E-state index in [2.05, 4.69) is 21.7 Å². The number of nitrogens with zero attached hydrogens (tertiary/aromatic N) is 2. The van der Waals surface area contributed by atoms with Crippen LogP contribution in [0.2, 0.25) is 0 Å². The van der Waals surface area contributed by atoms with Gasteiger partial charge in [0.2, 0.25) is 11.6 Å². The maximum atomic E-state index is 12.7. The molecule has 128 valence electrons. The fourth-order valence-corrected chi connectivity index (χ4v) is 1.59. The van der Waals surface area contributed by atoms with Crippen molar-refractivity contribution in [2.24, 2.45) is 7.05 Å². The molecule has 2 atom stereocenters. The third-order valence-electron chi connectivity index (χ3n) is 2.65. The molecule has 0 saturated carbocycles. The van der Waals surface area contributed by atoms with Crippen molar-refractivity contribution in [1.82, 2.24) is 20.4 Å². The van der Waals surface area contributed by atoms with Crippen molar-refractivity contribution < 1.29 is 32.6 Å². The maximum absolute atomic E-state index is 12.7. The molecular weight excluding hydrogens is 321 g/mol. The Morgan fingerprint density at radius 3 is 2.61 bits per heavy atom. The summed E-state index contributed by atoms with van der Waals surface area (Å²) in [7, 11) is 2.47. The zero-order valence-corrected chi connectivity index (χ0v) is 12.2. The number of carbonyl (C=O) groups is 2. The number of aliphatic hydroxyl groups is 1. The number of aromatic nitrogens is 2. The number of hydrogen-bond donors (Lipinski definition) is 3. The summed E-state index contributed by atoms with van der Waals surface area (Å²) in [5.41, 5.74) is -1.39. The molecule has 3 N–H and O–H groups in total. The Kier molecular flexibility index (Phi) is 5.73. The lowest BCUT2D eigenvalue weighted by Gasteiger charge is -2.19. The lowest BCUT2D eigenvalue weighted by atomic mass is 10.1. The quantitative estimate of drug-likeness (QED) is 0.666. The summed E-state index contributed by atoms with van der Waals surface area (Å²) in [6, 6.07) is -1.48. The van der Waals surface area contributed by atoms with E-state index < -0.39 is 41.8 Å². The van der Waals surface area contributed by atoms with E-state index in [0.717, 1.165) is 17.0 Å². The predicted molar refractivity (Wildman–Crippen MR) is 71.4 cm³/mol. The van der Waals surface area contributed by atoms with Gasteiger partial charge in [-0.05, 0) is 0 Å². The molecule has 0 saturated heterocycles. The summed E-state index contributed by atoms with van der Waals surface area (Å²) in [5, 5.41) is 16.9. The van der Waals surface area contributed by atoms with Crippen LogP contribution in [0.5, 0.6) is 5.75 Å². The lowest BCUT2D eigenvalue weighted by molar-refractivity contribution is -0.142. The van der Waals surface area contributed by atoms with E-state index in [0.29, 0.717) is 0 Å². The van der Waals surface area contributed by atoms with E-state index >= 15 is 0 Å². The van der Waals surface area contributed by atoms with E-state index in [1.807, 2.05) is 5.32 Å². The molecule has 2 amide bonds. The second-order valence-electron chi connectivity index (χ2n) is 4.37. The Labute approximate surface area is 128 Å². The van der Waals surface area contributed by atoms with Crippen molar-refractivity contribution in [2.75, 3.05) is 7.05 Å². The fourth-order valence-electron chi connectivity index (χ4n) is 1.59. The average molecular weight is 336 g/mol. The Morgan fingerprint density at radius 1 is 1.52 bits per heavy atom. The number of hydrogen-bond acceptors (Lipinski definition) is 5. The van der Waals surface area contributed by atoms with Crippen molar-refractivity contribution in [3.8, 4) is 5.75 Å². The average Bonchev–Trinajstić information content (AvgIpc) is 2.83. The summed E-state index contributed by atoms with van der Waals surface area (Å²) in [6.07, 6.45) is -5.82. The molecule has 0 radical (unpaired) electrons. The van der Waals surface area contributed by atoms with Gasteiger partial charge in [-0.2, -0.15) is 18.3 Å². The molecule has 1 heterocycles. The zero-order valence-electron chi connectivity index (χ0n) is 12.2. The Balaban J connectivity index is 2.91. The molecule has 11 heteroatoms. The highest BCUT2D eigenvalue weighted by molar-refractivity contribution is 5.86. The number of ether oxygens (including phenoxy) is 1. The third kappa shape index (κ3) is 4.71. The van der Waals surface area contributed by atoms with Crippen LogP contribution in [0.25, 0.3) is 0 Å². The van der Waals surface area contributed by atoms with E-state index in [9.17, 15) is 27.9 Å². The van der Waals surface area contributed by atoms with Gasteiger partial charge in [-0.25, -0.2) is 4.79 Å². The smallest absolute Gasteiger partial charge is 0.406 e. The molecule has 8 nitrogen and oxygen atoms in total. The highest BCUT2D eigenvalue weighted by Crippen LogP contribution is 2.34. The van der Waals surface area contributed by atoms with Crippen molar-refractivity contribution >= 4 is 12.0 Å². The molecule has 0 aliphatic carbocycles. The molecule has 0 bridgehead atoms. The molecule has 1 rings (SSSR count). The second kappa shape index (κ2) is 7.13.